The maximum atomic E-state index is 10.5. The van der Waals surface area contributed by atoms with E-state index in [0.29, 0.717) is 13.1 Å². The van der Waals surface area contributed by atoms with Gasteiger partial charge in [0.15, 0.2) is 9.84 Å². The minimum atomic E-state index is -3.01. The molecule has 0 amide bonds. The van der Waals surface area contributed by atoms with E-state index < -0.39 is 19.9 Å². The van der Waals surface area contributed by atoms with Crippen LogP contribution in [-0.4, -0.2) is 67.7 Å². The smallest absolute Gasteiger partial charge is 0.233 e. The number of hydrogen-bond donors (Lipinski definition) is 5. The zero-order chi connectivity index (χ0) is 37.5. The monoisotopic (exact) mass is 783 g/mol. The molecule has 0 radical (unpaired) electrons. The average molecular weight is 784 g/mol. The molecule has 292 valence electrons. The van der Waals surface area contributed by atoms with Gasteiger partial charge in [0.05, 0.1) is 24.9 Å². The zero-order valence-corrected chi connectivity index (χ0v) is 32.3. The van der Waals surface area contributed by atoms with E-state index in [4.69, 9.17) is 9.47 Å². The highest BCUT2D eigenvalue weighted by Crippen LogP contribution is 2.12. The molecule has 16 heteroatoms. The fourth-order valence-electron chi connectivity index (χ4n) is 3.57. The Kier molecular flexibility index (Phi) is 30.2. The van der Waals surface area contributed by atoms with Crippen LogP contribution in [0.2, 0.25) is 0 Å². The van der Waals surface area contributed by atoms with Gasteiger partial charge in [-0.25, -0.2) is 21.6 Å². The van der Waals surface area contributed by atoms with Gasteiger partial charge < -0.3 is 40.2 Å². The highest BCUT2D eigenvalue weighted by molar-refractivity contribution is 8.02. The van der Waals surface area contributed by atoms with Crippen LogP contribution >= 0.6 is 11.8 Å². The third-order valence-corrected chi connectivity index (χ3v) is 9.55. The number of nitrogens with one attached hydrogen (secondary N) is 5. The van der Waals surface area contributed by atoms with Crippen molar-refractivity contribution in [3.63, 3.8) is 0 Å². The lowest BCUT2D eigenvalue weighted by Crippen LogP contribution is -2.24. The van der Waals surface area contributed by atoms with Crippen LogP contribution in [0.3, 0.4) is 0 Å². The number of rotatable bonds is 0. The Labute approximate surface area is 315 Å². The predicted octanol–water partition coefficient (Wildman–Crippen LogP) is 5.58. The van der Waals surface area contributed by atoms with Gasteiger partial charge in [0.1, 0.15) is 31.7 Å². The molecular formula is C36H57N5O8S3. The molecule has 5 N–H and O–H groups in total. The van der Waals surface area contributed by atoms with Crippen LogP contribution in [0.1, 0.15) is 51.4 Å². The molecule has 8 heterocycles. The second-order valence-electron chi connectivity index (χ2n) is 10.6. The SMILES string of the molecule is C1=CNC=CC1.C1=CNCCC1.C1=COC=CO1.C1=COCCC1.C1=COCCN1.C1=CSCCC1.O=S1(=O)C=CCCN1.O=S1(=O)C=CNCC1. The van der Waals surface area contributed by atoms with Gasteiger partial charge in [-0.1, -0.05) is 30.4 Å². The highest BCUT2D eigenvalue weighted by atomic mass is 32.2. The van der Waals surface area contributed by atoms with Crippen LogP contribution in [0.5, 0.6) is 0 Å². The average Bonchev–Trinajstić information content (AvgIpc) is 3.23. The second kappa shape index (κ2) is 34.1. The first-order chi connectivity index (χ1) is 25.4. The fourth-order valence-corrected chi connectivity index (χ4v) is 6.04. The molecule has 52 heavy (non-hydrogen) atoms. The third-order valence-electron chi connectivity index (χ3n) is 6.16. The van der Waals surface area contributed by atoms with Crippen LogP contribution in [0.15, 0.2) is 121 Å². The molecule has 0 saturated carbocycles. The first kappa shape index (κ1) is 46.0. The molecule has 0 aliphatic carbocycles. The Morgan fingerprint density at radius 1 is 0.538 bits per heavy atom. The molecule has 8 aliphatic heterocycles. The summed E-state index contributed by atoms with van der Waals surface area (Å²) in [5.74, 6) is 1.56. The number of sulfonamides is 1. The molecule has 0 aromatic carbocycles. The summed E-state index contributed by atoms with van der Waals surface area (Å²) in [4.78, 5) is 0. The van der Waals surface area contributed by atoms with Gasteiger partial charge in [0, 0.05) is 49.4 Å². The normalized spacial score (nSPS) is 20.8. The van der Waals surface area contributed by atoms with E-state index in [0.717, 1.165) is 39.1 Å². The maximum absolute atomic E-state index is 10.5. The maximum Gasteiger partial charge on any atom is 0.233 e. The number of hydrogen-bond acceptors (Lipinski definition) is 13. The molecular weight excluding hydrogens is 727 g/mol. The summed E-state index contributed by atoms with van der Waals surface area (Å²) in [6, 6.07) is 0. The summed E-state index contributed by atoms with van der Waals surface area (Å²) in [6.45, 7) is 4.90. The van der Waals surface area contributed by atoms with Gasteiger partial charge in [-0.3, -0.25) is 0 Å². The quantitative estimate of drug-likeness (QED) is 0.207. The predicted molar refractivity (Wildman–Crippen MR) is 213 cm³/mol. The fraction of sp³-hybridized carbons (Fsp3) is 0.444. The lowest BCUT2D eigenvalue weighted by atomic mass is 10.2. The highest BCUT2D eigenvalue weighted by Gasteiger charge is 2.07. The number of allylic oxidation sites excluding steroid dienone is 5. The molecule has 0 atom stereocenters. The summed E-state index contributed by atoms with van der Waals surface area (Å²) in [6.07, 6.45) is 40.1. The molecule has 0 bridgehead atoms. The van der Waals surface area contributed by atoms with E-state index in [9.17, 15) is 16.8 Å². The van der Waals surface area contributed by atoms with Crippen molar-refractivity contribution in [2.24, 2.45) is 0 Å². The third kappa shape index (κ3) is 34.5. The second-order valence-corrected chi connectivity index (χ2v) is 15.3. The Bertz CT molecular complexity index is 1180. The first-order valence-electron chi connectivity index (χ1n) is 17.3. The van der Waals surface area contributed by atoms with Crippen molar-refractivity contribution < 1.29 is 35.8 Å². The Hall–Kier alpha value is -3.99. The summed E-state index contributed by atoms with van der Waals surface area (Å²) < 4.78 is 63.2. The van der Waals surface area contributed by atoms with Gasteiger partial charge >= 0.3 is 0 Å². The van der Waals surface area contributed by atoms with Crippen LogP contribution in [0, 0.1) is 0 Å². The van der Waals surface area contributed by atoms with Crippen LogP contribution in [0.25, 0.3) is 0 Å². The van der Waals surface area contributed by atoms with Gasteiger partial charge in [-0.05, 0) is 87.2 Å². The molecule has 0 aromatic rings. The topological polar surface area (TPSA) is 165 Å². The Balaban J connectivity index is 0.000000298. The van der Waals surface area contributed by atoms with E-state index in [1.807, 2.05) is 36.4 Å². The van der Waals surface area contributed by atoms with E-state index in [1.165, 1.54) is 86.3 Å². The Morgan fingerprint density at radius 2 is 1.25 bits per heavy atom. The van der Waals surface area contributed by atoms with E-state index in [2.05, 4.69) is 65.2 Å². The molecule has 8 rings (SSSR count). The zero-order valence-electron chi connectivity index (χ0n) is 29.9. The molecule has 0 spiro atoms. The van der Waals surface area contributed by atoms with Crippen LogP contribution in [0.4, 0.5) is 0 Å². The molecule has 0 fully saturated rings. The van der Waals surface area contributed by atoms with Crippen molar-refractivity contribution in [3.05, 3.63) is 121 Å². The van der Waals surface area contributed by atoms with Gasteiger partial charge in [-0.15, -0.1) is 11.8 Å². The molecule has 0 saturated heterocycles. The summed E-state index contributed by atoms with van der Waals surface area (Å²) in [5.41, 5.74) is 0. The Morgan fingerprint density at radius 3 is 1.44 bits per heavy atom. The minimum absolute atomic E-state index is 0.226. The van der Waals surface area contributed by atoms with E-state index in [1.54, 1.807) is 24.8 Å². The molecule has 8 aliphatic rings. The number of dihydropyridines is 1. The molecule has 0 aromatic heterocycles. The number of ether oxygens (including phenoxy) is 4. The van der Waals surface area contributed by atoms with Crippen LogP contribution in [-0.2, 0) is 38.8 Å². The van der Waals surface area contributed by atoms with Gasteiger partial charge in [-0.2, -0.15) is 0 Å². The molecule has 0 unspecified atom stereocenters. The number of thioether (sulfide) groups is 1. The lowest BCUT2D eigenvalue weighted by molar-refractivity contribution is 0.231. The molecule has 13 nitrogen and oxygen atoms in total. The lowest BCUT2D eigenvalue weighted by Gasteiger charge is -2.05. The van der Waals surface area contributed by atoms with Crippen molar-refractivity contribution in [2.75, 3.05) is 50.9 Å². The minimum Gasteiger partial charge on any atom is -0.502 e. The summed E-state index contributed by atoms with van der Waals surface area (Å²) in [5, 5.41) is 16.4. The first-order valence-corrected chi connectivity index (χ1v) is 21.6. The van der Waals surface area contributed by atoms with Gasteiger partial charge in [0.2, 0.25) is 10.0 Å². The summed E-state index contributed by atoms with van der Waals surface area (Å²) >= 11 is 1.91. The van der Waals surface area contributed by atoms with Crippen molar-refractivity contribution in [1.82, 2.24) is 26.0 Å². The van der Waals surface area contributed by atoms with Gasteiger partial charge in [0.25, 0.3) is 0 Å². The van der Waals surface area contributed by atoms with E-state index >= 15 is 0 Å². The van der Waals surface area contributed by atoms with Crippen molar-refractivity contribution in [1.29, 1.82) is 0 Å². The van der Waals surface area contributed by atoms with Crippen LogP contribution < -0.4 is 26.0 Å². The summed E-state index contributed by atoms with van der Waals surface area (Å²) in [7, 11) is -5.84. The standard InChI is InChI=1S/C5H9N.C5H7N.C5H8O.C5H8S.2C4H7NO2S.C4H7NO.C4H4O2/c4*1-2-4-6-5-3-1;6-8(7)3-1-5-2-4-8;6-8(7)4-2-1-3-5-8;1-3-6-4-2-5-1;1-2-6-4-3-5-1/h2,4,6H,1,3,5H2;2-6H,1H2;2*2,4H,1,3,5H2;1,3,5H,2,4H2;2,4-5H,1,3H2;1,3,5H,2,4H2;1-4H. The van der Waals surface area contributed by atoms with Crippen molar-refractivity contribution in [3.8, 4) is 0 Å². The largest absolute Gasteiger partial charge is 0.502 e. The van der Waals surface area contributed by atoms with E-state index in [-0.39, 0.29) is 5.75 Å². The number of sulfone groups is 1. The van der Waals surface area contributed by atoms with Crippen molar-refractivity contribution in [2.45, 2.75) is 51.4 Å². The van der Waals surface area contributed by atoms with Crippen molar-refractivity contribution >= 4 is 31.6 Å².